The summed E-state index contributed by atoms with van der Waals surface area (Å²) in [7, 11) is 0. The van der Waals surface area contributed by atoms with E-state index < -0.39 is 0 Å². The molecule has 0 aromatic carbocycles. The lowest BCUT2D eigenvalue weighted by Crippen LogP contribution is -2.25. The van der Waals surface area contributed by atoms with Crippen molar-refractivity contribution in [2.75, 3.05) is 19.7 Å². The molecule has 13 heavy (non-hydrogen) atoms. The Bertz CT molecular complexity index is 132. The van der Waals surface area contributed by atoms with Crippen molar-refractivity contribution in [3.8, 4) is 0 Å². The molecule has 0 spiro atoms. The maximum atomic E-state index is 5.64. The van der Waals surface area contributed by atoms with Gasteiger partial charge in [-0.1, -0.05) is 13.8 Å². The molecule has 1 aliphatic rings. The smallest absolute Gasteiger partial charge is 0.0594 e. The minimum absolute atomic E-state index is 0.391. The third-order valence-corrected chi connectivity index (χ3v) is 2.73. The van der Waals surface area contributed by atoms with Crippen LogP contribution in [0.2, 0.25) is 0 Å². The molecule has 0 aliphatic heterocycles. The molecule has 2 heteroatoms. The monoisotopic (exact) mass is 185 g/mol. The number of rotatable bonds is 7. The summed E-state index contributed by atoms with van der Waals surface area (Å²) in [5, 5.41) is 3.42. The summed E-state index contributed by atoms with van der Waals surface area (Å²) in [6, 6.07) is 0. The van der Waals surface area contributed by atoms with Gasteiger partial charge in [0.05, 0.1) is 12.7 Å². The van der Waals surface area contributed by atoms with E-state index in [9.17, 15) is 0 Å². The van der Waals surface area contributed by atoms with E-state index >= 15 is 0 Å². The predicted molar refractivity (Wildman–Crippen MR) is 55.8 cm³/mol. The number of hydrogen-bond acceptors (Lipinski definition) is 2. The first-order valence-corrected chi connectivity index (χ1v) is 5.52. The fourth-order valence-electron chi connectivity index (χ4n) is 1.14. The quantitative estimate of drug-likeness (QED) is 0.613. The molecule has 0 saturated heterocycles. The van der Waals surface area contributed by atoms with Gasteiger partial charge in [-0.2, -0.15) is 0 Å². The van der Waals surface area contributed by atoms with Gasteiger partial charge in [0, 0.05) is 6.54 Å². The van der Waals surface area contributed by atoms with Gasteiger partial charge in [-0.3, -0.25) is 0 Å². The van der Waals surface area contributed by atoms with Gasteiger partial charge in [0.15, 0.2) is 0 Å². The second kappa shape index (κ2) is 5.61. The first-order valence-electron chi connectivity index (χ1n) is 5.52. The Hall–Kier alpha value is -0.0800. The molecule has 1 atom stereocenters. The highest BCUT2D eigenvalue weighted by atomic mass is 16.5. The van der Waals surface area contributed by atoms with Crippen LogP contribution in [0.25, 0.3) is 0 Å². The van der Waals surface area contributed by atoms with Crippen LogP contribution in [-0.4, -0.2) is 25.8 Å². The van der Waals surface area contributed by atoms with Crippen molar-refractivity contribution in [3.63, 3.8) is 0 Å². The molecule has 1 saturated carbocycles. The Kier molecular flexibility index (Phi) is 4.74. The predicted octanol–water partition coefficient (Wildman–Crippen LogP) is 2.05. The summed E-state index contributed by atoms with van der Waals surface area (Å²) >= 11 is 0. The highest BCUT2D eigenvalue weighted by Gasteiger charge is 2.19. The van der Waals surface area contributed by atoms with Gasteiger partial charge >= 0.3 is 0 Å². The van der Waals surface area contributed by atoms with Gasteiger partial charge in [0.25, 0.3) is 0 Å². The van der Waals surface area contributed by atoms with Crippen LogP contribution in [0.3, 0.4) is 0 Å². The minimum atomic E-state index is 0.391. The van der Waals surface area contributed by atoms with Crippen molar-refractivity contribution >= 4 is 0 Å². The summed E-state index contributed by atoms with van der Waals surface area (Å²) in [6.07, 6.45) is 3.25. The van der Waals surface area contributed by atoms with Crippen molar-refractivity contribution in [1.82, 2.24) is 5.32 Å². The Labute approximate surface area is 82.0 Å². The Morgan fingerprint density at radius 1 is 1.31 bits per heavy atom. The molecule has 1 unspecified atom stereocenters. The van der Waals surface area contributed by atoms with Crippen molar-refractivity contribution in [1.29, 1.82) is 0 Å². The van der Waals surface area contributed by atoms with Crippen LogP contribution < -0.4 is 5.32 Å². The van der Waals surface area contributed by atoms with Crippen LogP contribution >= 0.6 is 0 Å². The van der Waals surface area contributed by atoms with E-state index in [-0.39, 0.29) is 0 Å². The molecular weight excluding hydrogens is 162 g/mol. The Balaban J connectivity index is 1.82. The van der Waals surface area contributed by atoms with Crippen molar-refractivity contribution in [3.05, 3.63) is 0 Å². The van der Waals surface area contributed by atoms with Crippen LogP contribution in [0.1, 0.15) is 33.6 Å². The fraction of sp³-hybridized carbons (Fsp3) is 1.00. The first-order chi connectivity index (χ1) is 6.20. The van der Waals surface area contributed by atoms with Crippen molar-refractivity contribution in [2.45, 2.75) is 39.7 Å². The number of ether oxygens (including phenoxy) is 1. The molecule has 0 aromatic rings. The van der Waals surface area contributed by atoms with Crippen LogP contribution in [-0.2, 0) is 4.74 Å². The molecule has 1 aliphatic carbocycles. The van der Waals surface area contributed by atoms with Gasteiger partial charge in [-0.05, 0) is 38.1 Å². The van der Waals surface area contributed by atoms with Crippen LogP contribution in [0, 0.1) is 11.8 Å². The molecule has 0 radical (unpaired) electrons. The van der Waals surface area contributed by atoms with Gasteiger partial charge < -0.3 is 10.1 Å². The summed E-state index contributed by atoms with van der Waals surface area (Å²) < 4.78 is 5.64. The average molecular weight is 185 g/mol. The summed E-state index contributed by atoms with van der Waals surface area (Å²) in [5.74, 6) is 1.60. The fourth-order valence-corrected chi connectivity index (χ4v) is 1.14. The van der Waals surface area contributed by atoms with Crippen molar-refractivity contribution < 1.29 is 4.74 Å². The highest BCUT2D eigenvalue weighted by Crippen LogP contribution is 2.27. The topological polar surface area (TPSA) is 21.3 Å². The third-order valence-electron chi connectivity index (χ3n) is 2.73. The summed E-state index contributed by atoms with van der Waals surface area (Å²) in [6.45, 7) is 9.59. The molecule has 0 aromatic heterocycles. The average Bonchev–Trinajstić information content (AvgIpc) is 2.87. The second-order valence-electron chi connectivity index (χ2n) is 4.47. The normalized spacial score (nSPS) is 19.4. The molecule has 0 bridgehead atoms. The molecule has 1 fully saturated rings. The van der Waals surface area contributed by atoms with Crippen LogP contribution in [0.15, 0.2) is 0 Å². The molecule has 78 valence electrons. The Morgan fingerprint density at radius 3 is 2.54 bits per heavy atom. The lowest BCUT2D eigenvalue weighted by Gasteiger charge is -2.16. The largest absolute Gasteiger partial charge is 0.377 e. The maximum absolute atomic E-state index is 5.64. The zero-order valence-electron chi connectivity index (χ0n) is 9.18. The van der Waals surface area contributed by atoms with Gasteiger partial charge in [-0.15, -0.1) is 0 Å². The van der Waals surface area contributed by atoms with Crippen molar-refractivity contribution in [2.24, 2.45) is 11.8 Å². The number of nitrogens with one attached hydrogen (secondary N) is 1. The summed E-state index contributed by atoms with van der Waals surface area (Å²) in [5.41, 5.74) is 0. The lowest BCUT2D eigenvalue weighted by molar-refractivity contribution is 0.0374. The summed E-state index contributed by atoms with van der Waals surface area (Å²) in [4.78, 5) is 0. The van der Waals surface area contributed by atoms with E-state index in [0.29, 0.717) is 12.0 Å². The second-order valence-corrected chi connectivity index (χ2v) is 4.47. The molecule has 0 heterocycles. The van der Waals surface area contributed by atoms with Gasteiger partial charge in [0.1, 0.15) is 0 Å². The standard InChI is InChI=1S/C11H23NO/c1-9(2)10(3)13-7-6-12-8-11-4-5-11/h9-12H,4-8H2,1-3H3. The van der Waals surface area contributed by atoms with Gasteiger partial charge in [0.2, 0.25) is 0 Å². The lowest BCUT2D eigenvalue weighted by atomic mass is 10.1. The third kappa shape index (κ3) is 5.27. The van der Waals surface area contributed by atoms with Crippen LogP contribution in [0.4, 0.5) is 0 Å². The molecule has 0 amide bonds. The number of hydrogen-bond donors (Lipinski definition) is 1. The molecular formula is C11H23NO. The SMILES string of the molecule is CC(C)C(C)OCCNCC1CC1. The molecule has 2 nitrogen and oxygen atoms in total. The zero-order valence-corrected chi connectivity index (χ0v) is 9.18. The van der Waals surface area contributed by atoms with E-state index in [1.807, 2.05) is 0 Å². The van der Waals surface area contributed by atoms with Gasteiger partial charge in [-0.25, -0.2) is 0 Å². The Morgan fingerprint density at radius 2 is 2.00 bits per heavy atom. The van der Waals surface area contributed by atoms with E-state index in [0.717, 1.165) is 19.1 Å². The van der Waals surface area contributed by atoms with E-state index in [1.165, 1.54) is 19.4 Å². The zero-order chi connectivity index (χ0) is 9.68. The van der Waals surface area contributed by atoms with E-state index in [1.54, 1.807) is 0 Å². The minimum Gasteiger partial charge on any atom is -0.377 e. The molecule has 1 rings (SSSR count). The van der Waals surface area contributed by atoms with Crippen LogP contribution in [0.5, 0.6) is 0 Å². The van der Waals surface area contributed by atoms with E-state index in [2.05, 4.69) is 26.1 Å². The van der Waals surface area contributed by atoms with E-state index in [4.69, 9.17) is 4.74 Å². The first kappa shape index (κ1) is 11.0. The molecule has 1 N–H and O–H groups in total. The highest BCUT2D eigenvalue weighted by molar-refractivity contribution is 4.74. The maximum Gasteiger partial charge on any atom is 0.0594 e.